The van der Waals surface area contributed by atoms with Gasteiger partial charge in [-0.15, -0.1) is 0 Å². The molecule has 2 aromatic carbocycles. The van der Waals surface area contributed by atoms with Gasteiger partial charge in [-0.1, -0.05) is 30.3 Å². The summed E-state index contributed by atoms with van der Waals surface area (Å²) in [7, 11) is 0. The number of thioether (sulfide) groups is 1. The number of hydrogen-bond donors (Lipinski definition) is 1. The van der Waals surface area contributed by atoms with Crippen molar-refractivity contribution in [2.24, 2.45) is 0 Å². The molecule has 0 bridgehead atoms. The summed E-state index contributed by atoms with van der Waals surface area (Å²) in [6, 6.07) is 16.2. The third-order valence-corrected chi connectivity index (χ3v) is 4.84. The summed E-state index contributed by atoms with van der Waals surface area (Å²) < 4.78 is 0. The fourth-order valence-corrected chi connectivity index (χ4v) is 3.65. The minimum atomic E-state index is 0.155. The van der Waals surface area contributed by atoms with Crippen molar-refractivity contribution < 1.29 is 9.78 Å². The predicted octanol–water partition coefficient (Wildman–Crippen LogP) is 2.66. The van der Waals surface area contributed by atoms with Crippen LogP contribution in [-0.2, 0) is 11.2 Å². The van der Waals surface area contributed by atoms with Gasteiger partial charge in [-0.3, -0.25) is 4.79 Å². The lowest BCUT2D eigenvalue weighted by Gasteiger charge is -2.16. The third kappa shape index (κ3) is 2.37. The van der Waals surface area contributed by atoms with E-state index in [0.29, 0.717) is 5.75 Å². The molecule has 4 rings (SSSR count). The molecule has 4 nitrogen and oxygen atoms in total. The van der Waals surface area contributed by atoms with Gasteiger partial charge in [0, 0.05) is 12.2 Å². The van der Waals surface area contributed by atoms with Crippen LogP contribution >= 0.6 is 11.8 Å². The van der Waals surface area contributed by atoms with Gasteiger partial charge in [-0.2, -0.15) is 0 Å². The van der Waals surface area contributed by atoms with E-state index < -0.39 is 0 Å². The smallest absolute Gasteiger partial charge is 0.311 e. The number of nitrogens with one attached hydrogen (secondary N) is 2. The summed E-state index contributed by atoms with van der Waals surface area (Å²) in [5.74, 6) is 0.583. The van der Waals surface area contributed by atoms with Gasteiger partial charge in [0.2, 0.25) is 5.91 Å². The number of anilines is 1. The zero-order chi connectivity index (χ0) is 14.9. The first-order chi connectivity index (χ1) is 10.8. The zero-order valence-corrected chi connectivity index (χ0v) is 12.8. The van der Waals surface area contributed by atoms with Gasteiger partial charge in [0.1, 0.15) is 0 Å². The van der Waals surface area contributed by atoms with Crippen molar-refractivity contribution in [1.29, 1.82) is 0 Å². The van der Waals surface area contributed by atoms with E-state index in [1.165, 1.54) is 17.3 Å². The molecule has 5 heteroatoms. The first-order valence-electron chi connectivity index (χ1n) is 7.32. The highest BCUT2D eigenvalue weighted by molar-refractivity contribution is 7.99. The minimum absolute atomic E-state index is 0.155. The molecule has 0 atom stereocenters. The molecular formula is C17H16N3OS+. The van der Waals surface area contributed by atoms with E-state index in [4.69, 9.17) is 0 Å². The van der Waals surface area contributed by atoms with Crippen molar-refractivity contribution >= 4 is 34.4 Å². The second kappa shape index (κ2) is 5.50. The Bertz CT molecular complexity index is 810. The monoisotopic (exact) mass is 310 g/mol. The first kappa shape index (κ1) is 13.4. The molecule has 0 fully saturated rings. The Labute approximate surface area is 132 Å². The number of fused-ring (bicyclic) bond motifs is 2. The summed E-state index contributed by atoms with van der Waals surface area (Å²) in [6.45, 7) is 0.787. The highest BCUT2D eigenvalue weighted by Gasteiger charge is 2.24. The van der Waals surface area contributed by atoms with Crippen LogP contribution in [0.5, 0.6) is 0 Å². The normalized spacial score (nSPS) is 13.5. The lowest BCUT2D eigenvalue weighted by atomic mass is 10.2. The number of carbonyl (C=O) groups is 1. The van der Waals surface area contributed by atoms with Crippen LogP contribution in [0.1, 0.15) is 5.56 Å². The Balaban J connectivity index is 1.47. The molecule has 22 heavy (non-hydrogen) atoms. The number of hydrogen-bond acceptors (Lipinski definition) is 2. The van der Waals surface area contributed by atoms with Crippen molar-refractivity contribution in [3.8, 4) is 0 Å². The number of para-hydroxylation sites is 3. The molecule has 2 N–H and O–H groups in total. The lowest BCUT2D eigenvalue weighted by Crippen LogP contribution is -2.30. The van der Waals surface area contributed by atoms with Crippen LogP contribution in [0, 0.1) is 0 Å². The number of amides is 1. The van der Waals surface area contributed by atoms with Crippen LogP contribution in [0.3, 0.4) is 0 Å². The van der Waals surface area contributed by atoms with Gasteiger partial charge in [-0.05, 0) is 41.9 Å². The van der Waals surface area contributed by atoms with E-state index in [2.05, 4.69) is 16.0 Å². The molecule has 1 aromatic heterocycles. The number of benzene rings is 2. The number of aromatic amines is 2. The van der Waals surface area contributed by atoms with E-state index in [1.54, 1.807) is 0 Å². The van der Waals surface area contributed by atoms with Gasteiger partial charge >= 0.3 is 5.16 Å². The molecule has 1 aliphatic rings. The summed E-state index contributed by atoms with van der Waals surface area (Å²) in [4.78, 5) is 21.0. The summed E-state index contributed by atoms with van der Waals surface area (Å²) in [5.41, 5.74) is 4.44. The quantitative estimate of drug-likeness (QED) is 0.756. The van der Waals surface area contributed by atoms with E-state index >= 15 is 0 Å². The Morgan fingerprint density at radius 1 is 1.18 bits per heavy atom. The molecule has 0 saturated heterocycles. The highest BCUT2D eigenvalue weighted by Crippen LogP contribution is 2.28. The molecule has 0 radical (unpaired) electrons. The molecule has 1 aliphatic heterocycles. The third-order valence-electron chi connectivity index (χ3n) is 3.95. The van der Waals surface area contributed by atoms with E-state index in [0.717, 1.165) is 34.8 Å². The van der Waals surface area contributed by atoms with Crippen LogP contribution in [0.2, 0.25) is 0 Å². The molecule has 0 spiro atoms. The molecule has 0 aliphatic carbocycles. The number of H-pyrrole nitrogens is 2. The Kier molecular flexibility index (Phi) is 3.35. The number of carbonyl (C=O) groups excluding carboxylic acids is 1. The van der Waals surface area contributed by atoms with Crippen molar-refractivity contribution in [1.82, 2.24) is 4.98 Å². The summed E-state index contributed by atoms with van der Waals surface area (Å²) >= 11 is 1.51. The van der Waals surface area contributed by atoms with Crippen LogP contribution in [0.4, 0.5) is 5.69 Å². The van der Waals surface area contributed by atoms with E-state index in [9.17, 15) is 4.79 Å². The standard InChI is InChI=1S/C17H15N3OS/c21-16(20-10-9-12-5-1-4-8-15(12)20)11-22-17-18-13-6-2-3-7-14(13)19-17/h1-8H,9-11H2,(H,18,19)/p+1. The molecular weight excluding hydrogens is 294 g/mol. The van der Waals surface area contributed by atoms with Crippen LogP contribution in [-0.4, -0.2) is 23.2 Å². The second-order valence-electron chi connectivity index (χ2n) is 5.34. The maximum absolute atomic E-state index is 12.5. The molecule has 2 heterocycles. The largest absolute Gasteiger partial charge is 0.315 e. The van der Waals surface area contributed by atoms with Crippen molar-refractivity contribution in [3.05, 3.63) is 54.1 Å². The zero-order valence-electron chi connectivity index (χ0n) is 12.0. The van der Waals surface area contributed by atoms with Gasteiger partial charge in [0.25, 0.3) is 0 Å². The average Bonchev–Trinajstić information content (AvgIpc) is 3.16. The van der Waals surface area contributed by atoms with Gasteiger partial charge < -0.3 is 4.90 Å². The predicted molar refractivity (Wildman–Crippen MR) is 88.1 cm³/mol. The van der Waals surface area contributed by atoms with Crippen LogP contribution < -0.4 is 9.88 Å². The fraction of sp³-hybridized carbons (Fsp3) is 0.176. The van der Waals surface area contributed by atoms with E-state index in [1.807, 2.05) is 47.4 Å². The van der Waals surface area contributed by atoms with Gasteiger partial charge in [0.05, 0.1) is 5.75 Å². The van der Waals surface area contributed by atoms with Crippen LogP contribution in [0.15, 0.2) is 53.7 Å². The van der Waals surface area contributed by atoms with Gasteiger partial charge in [-0.25, -0.2) is 9.97 Å². The molecule has 110 valence electrons. The highest BCUT2D eigenvalue weighted by atomic mass is 32.2. The fourth-order valence-electron chi connectivity index (χ4n) is 2.86. The molecule has 0 saturated carbocycles. The Morgan fingerprint density at radius 3 is 2.91 bits per heavy atom. The average molecular weight is 310 g/mol. The molecule has 3 aromatic rings. The minimum Gasteiger partial charge on any atom is -0.311 e. The first-order valence-corrected chi connectivity index (χ1v) is 8.31. The number of aromatic nitrogens is 2. The van der Waals surface area contributed by atoms with Gasteiger partial charge in [0.15, 0.2) is 11.0 Å². The summed E-state index contributed by atoms with van der Waals surface area (Å²) in [5, 5.41) is 0.919. The number of imidazole rings is 1. The number of rotatable bonds is 3. The number of nitrogens with zero attached hydrogens (tertiary/aromatic N) is 1. The van der Waals surface area contributed by atoms with Crippen LogP contribution in [0.25, 0.3) is 11.0 Å². The molecule has 0 unspecified atom stereocenters. The Hall–Kier alpha value is -2.27. The lowest BCUT2D eigenvalue weighted by molar-refractivity contribution is -0.396. The summed E-state index contributed by atoms with van der Waals surface area (Å²) in [6.07, 6.45) is 0.949. The van der Waals surface area contributed by atoms with Crippen molar-refractivity contribution in [2.75, 3.05) is 17.2 Å². The molecule has 1 amide bonds. The SMILES string of the molecule is O=C(CSc1[nH]c2ccccc2[nH+]1)N1CCc2ccccc21. The maximum atomic E-state index is 12.5. The maximum Gasteiger partial charge on any atom is 0.315 e. The van der Waals surface area contributed by atoms with Crippen molar-refractivity contribution in [3.63, 3.8) is 0 Å². The Morgan fingerprint density at radius 2 is 2.00 bits per heavy atom. The van der Waals surface area contributed by atoms with Crippen molar-refractivity contribution in [2.45, 2.75) is 11.6 Å². The topological polar surface area (TPSA) is 50.2 Å². The van der Waals surface area contributed by atoms with E-state index in [-0.39, 0.29) is 5.91 Å². The second-order valence-corrected chi connectivity index (χ2v) is 6.32.